The molecule has 0 saturated carbocycles. The second kappa shape index (κ2) is 6.02. The fraction of sp³-hybridized carbons (Fsp3) is 1.00. The molecule has 3 atom stereocenters. The third-order valence-electron chi connectivity index (χ3n) is 4.32. The molecule has 0 N–H and O–H groups in total. The summed E-state index contributed by atoms with van der Waals surface area (Å²) in [7, 11) is -0.623. The van der Waals surface area contributed by atoms with E-state index in [1.54, 1.807) is 0 Å². The SMILES string of the molecule is CC[S@](=O)C[C@H]1CN2CCC[C@@]2(COC(C)C)C1. The van der Waals surface area contributed by atoms with E-state index in [-0.39, 0.29) is 5.54 Å². The number of ether oxygens (including phenoxy) is 1. The molecule has 0 aromatic carbocycles. The van der Waals surface area contributed by atoms with Crippen LogP contribution in [0.25, 0.3) is 0 Å². The molecule has 0 unspecified atom stereocenters. The van der Waals surface area contributed by atoms with Crippen molar-refractivity contribution in [2.45, 2.75) is 51.7 Å². The van der Waals surface area contributed by atoms with E-state index in [0.29, 0.717) is 12.0 Å². The summed E-state index contributed by atoms with van der Waals surface area (Å²) in [6.45, 7) is 9.43. The van der Waals surface area contributed by atoms with Gasteiger partial charge in [-0.05, 0) is 45.6 Å². The number of hydrogen-bond donors (Lipinski definition) is 0. The van der Waals surface area contributed by atoms with Crippen molar-refractivity contribution in [3.05, 3.63) is 0 Å². The van der Waals surface area contributed by atoms with Crippen LogP contribution in [0.4, 0.5) is 0 Å². The Morgan fingerprint density at radius 3 is 2.94 bits per heavy atom. The molecule has 3 nitrogen and oxygen atoms in total. The van der Waals surface area contributed by atoms with Crippen LogP contribution in [0, 0.1) is 5.92 Å². The first kappa shape index (κ1) is 14.5. The summed E-state index contributed by atoms with van der Waals surface area (Å²) in [4.78, 5) is 2.60. The third-order valence-corrected chi connectivity index (χ3v) is 5.80. The topological polar surface area (TPSA) is 29.5 Å². The minimum atomic E-state index is -0.623. The molecule has 0 aromatic heterocycles. The molecule has 0 aromatic rings. The van der Waals surface area contributed by atoms with Crippen molar-refractivity contribution >= 4 is 10.8 Å². The van der Waals surface area contributed by atoms with Gasteiger partial charge >= 0.3 is 0 Å². The molecule has 2 aliphatic rings. The van der Waals surface area contributed by atoms with Gasteiger partial charge in [-0.3, -0.25) is 9.11 Å². The number of rotatable bonds is 6. The van der Waals surface area contributed by atoms with Gasteiger partial charge in [0, 0.05) is 34.4 Å². The molecular formula is C14H27NO2S. The first-order valence-electron chi connectivity index (χ1n) is 7.27. The standard InChI is InChI=1S/C14H27NO2S/c1-4-18(16)10-13-8-14(11-17-12(2)3)6-5-7-15(14)9-13/h12-13H,4-11H2,1-3H3/t13-,14+,18+/m1/s1. The normalized spacial score (nSPS) is 34.1. The summed E-state index contributed by atoms with van der Waals surface area (Å²) in [6, 6.07) is 0. The lowest BCUT2D eigenvalue weighted by Crippen LogP contribution is -2.43. The van der Waals surface area contributed by atoms with Gasteiger partial charge in [0.05, 0.1) is 12.7 Å². The average Bonchev–Trinajstić information content (AvgIpc) is 2.82. The van der Waals surface area contributed by atoms with Crippen molar-refractivity contribution in [2.75, 3.05) is 31.2 Å². The minimum Gasteiger partial charge on any atom is -0.377 e. The smallest absolute Gasteiger partial charge is 0.0654 e. The van der Waals surface area contributed by atoms with E-state index in [9.17, 15) is 4.21 Å². The summed E-state index contributed by atoms with van der Waals surface area (Å²) in [5, 5.41) is 0. The van der Waals surface area contributed by atoms with E-state index < -0.39 is 10.8 Å². The lowest BCUT2D eigenvalue weighted by molar-refractivity contribution is 0.00293. The summed E-state index contributed by atoms with van der Waals surface area (Å²) >= 11 is 0. The molecule has 2 heterocycles. The predicted molar refractivity (Wildman–Crippen MR) is 76.3 cm³/mol. The summed E-state index contributed by atoms with van der Waals surface area (Å²) in [5.41, 5.74) is 0.271. The molecule has 2 saturated heterocycles. The van der Waals surface area contributed by atoms with Crippen molar-refractivity contribution in [2.24, 2.45) is 5.92 Å². The first-order valence-corrected chi connectivity index (χ1v) is 8.76. The summed E-state index contributed by atoms with van der Waals surface area (Å²) in [5.74, 6) is 2.30. The Balaban J connectivity index is 1.94. The van der Waals surface area contributed by atoms with Gasteiger partial charge in [0.2, 0.25) is 0 Å². The number of nitrogens with zero attached hydrogens (tertiary/aromatic N) is 1. The molecule has 0 amide bonds. The Kier molecular flexibility index (Phi) is 4.84. The maximum Gasteiger partial charge on any atom is 0.0654 e. The van der Waals surface area contributed by atoms with Gasteiger partial charge in [0.1, 0.15) is 0 Å². The second-order valence-corrected chi connectivity index (χ2v) is 7.89. The highest BCUT2D eigenvalue weighted by Crippen LogP contribution is 2.42. The fourth-order valence-corrected chi connectivity index (χ4v) is 4.45. The van der Waals surface area contributed by atoms with Crippen LogP contribution in [0.3, 0.4) is 0 Å². The Hall–Kier alpha value is 0.0700. The number of fused-ring (bicyclic) bond motifs is 1. The van der Waals surface area contributed by atoms with Crippen molar-refractivity contribution in [1.29, 1.82) is 0 Å². The van der Waals surface area contributed by atoms with Crippen LogP contribution in [0.1, 0.15) is 40.0 Å². The maximum atomic E-state index is 11.7. The molecule has 0 spiro atoms. The third kappa shape index (κ3) is 3.14. The zero-order valence-corrected chi connectivity index (χ0v) is 12.8. The van der Waals surface area contributed by atoms with Gasteiger partial charge < -0.3 is 4.74 Å². The molecule has 2 aliphatic heterocycles. The molecule has 2 rings (SSSR count). The van der Waals surface area contributed by atoms with Gasteiger partial charge in [-0.1, -0.05) is 6.92 Å². The molecule has 0 aliphatic carbocycles. The van der Waals surface area contributed by atoms with Gasteiger partial charge in [0.25, 0.3) is 0 Å². The highest BCUT2D eigenvalue weighted by atomic mass is 32.2. The monoisotopic (exact) mass is 273 g/mol. The Bertz CT molecular complexity index is 308. The highest BCUT2D eigenvalue weighted by molar-refractivity contribution is 7.84. The Morgan fingerprint density at radius 1 is 1.50 bits per heavy atom. The lowest BCUT2D eigenvalue weighted by Gasteiger charge is -2.32. The lowest BCUT2D eigenvalue weighted by atomic mass is 9.91. The Labute approximate surface area is 114 Å². The average molecular weight is 273 g/mol. The zero-order chi connectivity index (χ0) is 13.2. The quantitative estimate of drug-likeness (QED) is 0.741. The highest BCUT2D eigenvalue weighted by Gasteiger charge is 2.48. The molecule has 0 radical (unpaired) electrons. The van der Waals surface area contributed by atoms with E-state index >= 15 is 0 Å². The van der Waals surface area contributed by atoms with E-state index in [1.807, 2.05) is 6.92 Å². The zero-order valence-electron chi connectivity index (χ0n) is 12.0. The van der Waals surface area contributed by atoms with Crippen LogP contribution in [-0.4, -0.2) is 52.0 Å². The Morgan fingerprint density at radius 2 is 2.28 bits per heavy atom. The van der Waals surface area contributed by atoms with Crippen LogP contribution in [0.15, 0.2) is 0 Å². The summed E-state index contributed by atoms with van der Waals surface area (Å²) < 4.78 is 17.6. The first-order chi connectivity index (χ1) is 8.55. The van der Waals surface area contributed by atoms with Crippen LogP contribution in [-0.2, 0) is 15.5 Å². The fourth-order valence-electron chi connectivity index (χ4n) is 3.46. The van der Waals surface area contributed by atoms with Crippen molar-refractivity contribution < 1.29 is 8.95 Å². The van der Waals surface area contributed by atoms with E-state index in [0.717, 1.165) is 24.7 Å². The number of hydrogen-bond acceptors (Lipinski definition) is 3. The van der Waals surface area contributed by atoms with Crippen LogP contribution < -0.4 is 0 Å². The molecular weight excluding hydrogens is 246 g/mol. The maximum absolute atomic E-state index is 11.7. The van der Waals surface area contributed by atoms with Crippen LogP contribution in [0.2, 0.25) is 0 Å². The summed E-state index contributed by atoms with van der Waals surface area (Å²) in [6.07, 6.45) is 4.05. The van der Waals surface area contributed by atoms with Crippen molar-refractivity contribution in [3.8, 4) is 0 Å². The molecule has 106 valence electrons. The second-order valence-electron chi connectivity index (χ2n) is 6.10. The van der Waals surface area contributed by atoms with E-state index in [1.165, 1.54) is 25.8 Å². The van der Waals surface area contributed by atoms with Gasteiger partial charge in [0.15, 0.2) is 0 Å². The van der Waals surface area contributed by atoms with Gasteiger partial charge in [-0.15, -0.1) is 0 Å². The van der Waals surface area contributed by atoms with Crippen molar-refractivity contribution in [1.82, 2.24) is 4.90 Å². The van der Waals surface area contributed by atoms with E-state index in [2.05, 4.69) is 18.7 Å². The largest absolute Gasteiger partial charge is 0.377 e. The minimum absolute atomic E-state index is 0.271. The van der Waals surface area contributed by atoms with Gasteiger partial charge in [-0.25, -0.2) is 0 Å². The van der Waals surface area contributed by atoms with Crippen molar-refractivity contribution in [3.63, 3.8) is 0 Å². The van der Waals surface area contributed by atoms with E-state index in [4.69, 9.17) is 4.74 Å². The molecule has 2 fully saturated rings. The molecule has 0 bridgehead atoms. The predicted octanol–water partition coefficient (Wildman–Crippen LogP) is 2.03. The van der Waals surface area contributed by atoms with Crippen LogP contribution in [0.5, 0.6) is 0 Å². The van der Waals surface area contributed by atoms with Crippen LogP contribution >= 0.6 is 0 Å². The molecule has 18 heavy (non-hydrogen) atoms. The molecule has 4 heteroatoms. The van der Waals surface area contributed by atoms with Gasteiger partial charge in [-0.2, -0.15) is 0 Å².